The molecule has 0 fully saturated rings. The standard InChI is InChI=1S/C9H12O2/c1-4-5-6-9(7(2)10)8(3)11/h4-6,10H,1H2,2-3H3/b6-5-,9-7-. The van der Waals surface area contributed by atoms with Gasteiger partial charge >= 0.3 is 0 Å². The fourth-order valence-electron chi connectivity index (χ4n) is 0.657. The molecule has 0 aromatic heterocycles. The van der Waals surface area contributed by atoms with Crippen molar-refractivity contribution in [2.75, 3.05) is 0 Å². The summed E-state index contributed by atoms with van der Waals surface area (Å²) in [5.41, 5.74) is 0.324. The predicted molar refractivity (Wildman–Crippen MR) is 45.3 cm³/mol. The summed E-state index contributed by atoms with van der Waals surface area (Å²) in [5, 5.41) is 8.98. The highest BCUT2D eigenvalue weighted by atomic mass is 16.3. The Morgan fingerprint density at radius 2 is 2.00 bits per heavy atom. The first-order valence-corrected chi connectivity index (χ1v) is 3.29. The van der Waals surface area contributed by atoms with Crippen LogP contribution in [0.2, 0.25) is 0 Å². The lowest BCUT2D eigenvalue weighted by molar-refractivity contribution is -0.113. The van der Waals surface area contributed by atoms with Crippen LogP contribution >= 0.6 is 0 Å². The topological polar surface area (TPSA) is 37.3 Å². The van der Waals surface area contributed by atoms with Crippen LogP contribution in [0.1, 0.15) is 13.8 Å². The molecule has 0 aliphatic rings. The molecular weight excluding hydrogens is 140 g/mol. The van der Waals surface area contributed by atoms with E-state index in [2.05, 4.69) is 6.58 Å². The molecule has 0 heterocycles. The second-order valence-corrected chi connectivity index (χ2v) is 2.15. The van der Waals surface area contributed by atoms with Gasteiger partial charge in [-0.05, 0) is 19.9 Å². The Bertz CT molecular complexity index is 218. The third kappa shape index (κ3) is 3.40. The van der Waals surface area contributed by atoms with Gasteiger partial charge in [0.15, 0.2) is 5.78 Å². The molecule has 0 aromatic carbocycles. The van der Waals surface area contributed by atoms with Crippen LogP contribution in [0.5, 0.6) is 0 Å². The van der Waals surface area contributed by atoms with E-state index in [0.717, 1.165) is 0 Å². The van der Waals surface area contributed by atoms with Crippen LogP contribution < -0.4 is 0 Å². The monoisotopic (exact) mass is 152 g/mol. The first-order valence-electron chi connectivity index (χ1n) is 3.29. The van der Waals surface area contributed by atoms with Gasteiger partial charge in [0.25, 0.3) is 0 Å². The summed E-state index contributed by atoms with van der Waals surface area (Å²) in [7, 11) is 0. The Balaban J connectivity index is 4.64. The molecule has 0 spiro atoms. The molecule has 0 aliphatic heterocycles. The van der Waals surface area contributed by atoms with Crippen LogP contribution in [0, 0.1) is 0 Å². The maximum absolute atomic E-state index is 10.8. The van der Waals surface area contributed by atoms with Crippen molar-refractivity contribution in [3.63, 3.8) is 0 Å². The van der Waals surface area contributed by atoms with Crippen LogP contribution in [0.25, 0.3) is 0 Å². The number of Topliss-reactive ketones (excluding diaryl/α,β-unsaturated/α-hetero) is 1. The lowest BCUT2D eigenvalue weighted by Crippen LogP contribution is -1.96. The van der Waals surface area contributed by atoms with Gasteiger partial charge in [0.2, 0.25) is 0 Å². The van der Waals surface area contributed by atoms with E-state index in [4.69, 9.17) is 5.11 Å². The van der Waals surface area contributed by atoms with Gasteiger partial charge in [-0.15, -0.1) is 0 Å². The van der Waals surface area contributed by atoms with Crippen LogP contribution in [0.4, 0.5) is 0 Å². The zero-order valence-corrected chi connectivity index (χ0v) is 6.79. The molecule has 0 bridgehead atoms. The average Bonchev–Trinajstić information content (AvgIpc) is 1.87. The molecule has 0 saturated carbocycles. The SMILES string of the molecule is C=C/C=C\C(C(C)=O)=C(/C)O. The van der Waals surface area contributed by atoms with E-state index < -0.39 is 0 Å². The smallest absolute Gasteiger partial charge is 0.163 e. The van der Waals surface area contributed by atoms with Crippen molar-refractivity contribution < 1.29 is 9.90 Å². The summed E-state index contributed by atoms with van der Waals surface area (Å²) in [6.07, 6.45) is 4.69. The molecule has 1 N–H and O–H groups in total. The molecule has 0 aromatic rings. The molecular formula is C9H12O2. The van der Waals surface area contributed by atoms with Gasteiger partial charge in [-0.25, -0.2) is 0 Å². The van der Waals surface area contributed by atoms with Crippen molar-refractivity contribution in [2.45, 2.75) is 13.8 Å². The van der Waals surface area contributed by atoms with Crippen molar-refractivity contribution in [3.05, 3.63) is 36.1 Å². The van der Waals surface area contributed by atoms with Gasteiger partial charge in [0, 0.05) is 0 Å². The Morgan fingerprint density at radius 1 is 1.45 bits per heavy atom. The Morgan fingerprint density at radius 3 is 2.27 bits per heavy atom. The molecule has 60 valence electrons. The molecule has 0 atom stereocenters. The zero-order chi connectivity index (χ0) is 8.85. The number of hydrogen-bond donors (Lipinski definition) is 1. The maximum atomic E-state index is 10.8. The molecule has 0 saturated heterocycles. The largest absolute Gasteiger partial charge is 0.512 e. The minimum absolute atomic E-state index is 0.0376. The van der Waals surface area contributed by atoms with Crippen molar-refractivity contribution in [2.24, 2.45) is 0 Å². The summed E-state index contributed by atoms with van der Waals surface area (Å²) in [6, 6.07) is 0. The van der Waals surface area contributed by atoms with E-state index in [-0.39, 0.29) is 11.5 Å². The van der Waals surface area contributed by atoms with Crippen molar-refractivity contribution in [1.29, 1.82) is 0 Å². The summed E-state index contributed by atoms with van der Waals surface area (Å²) >= 11 is 0. The number of carbonyl (C=O) groups excluding carboxylic acids is 1. The summed E-state index contributed by atoms with van der Waals surface area (Å²) < 4.78 is 0. The van der Waals surface area contributed by atoms with E-state index in [9.17, 15) is 4.79 Å². The number of carbonyl (C=O) groups is 1. The van der Waals surface area contributed by atoms with Gasteiger partial charge < -0.3 is 5.11 Å². The highest BCUT2D eigenvalue weighted by Crippen LogP contribution is 2.03. The summed E-state index contributed by atoms with van der Waals surface area (Å²) in [4.78, 5) is 10.8. The second-order valence-electron chi connectivity index (χ2n) is 2.15. The van der Waals surface area contributed by atoms with Crippen molar-refractivity contribution in [1.82, 2.24) is 0 Å². The molecule has 11 heavy (non-hydrogen) atoms. The van der Waals surface area contributed by atoms with E-state index in [1.165, 1.54) is 19.9 Å². The number of aliphatic hydroxyl groups is 1. The van der Waals surface area contributed by atoms with Gasteiger partial charge in [-0.3, -0.25) is 4.79 Å². The summed E-state index contributed by atoms with van der Waals surface area (Å²) in [6.45, 7) is 6.33. The highest BCUT2D eigenvalue weighted by molar-refractivity contribution is 5.96. The van der Waals surface area contributed by atoms with Gasteiger partial charge in [0.05, 0.1) is 11.3 Å². The highest BCUT2D eigenvalue weighted by Gasteiger charge is 2.01. The van der Waals surface area contributed by atoms with E-state index >= 15 is 0 Å². The van der Waals surface area contributed by atoms with Gasteiger partial charge in [-0.2, -0.15) is 0 Å². The fraction of sp³-hybridized carbons (Fsp3) is 0.222. The van der Waals surface area contributed by atoms with Crippen LogP contribution in [0.15, 0.2) is 36.1 Å². The third-order valence-corrected chi connectivity index (χ3v) is 1.17. The second kappa shape index (κ2) is 4.50. The first kappa shape index (κ1) is 9.69. The van der Waals surface area contributed by atoms with Gasteiger partial charge in [-0.1, -0.05) is 18.7 Å². The Labute approximate surface area is 66.5 Å². The normalized spacial score (nSPS) is 12.9. The number of allylic oxidation sites excluding steroid dienone is 5. The van der Waals surface area contributed by atoms with E-state index in [1.54, 1.807) is 12.2 Å². The Kier molecular flexibility index (Phi) is 3.96. The number of aliphatic hydroxyl groups excluding tert-OH is 1. The molecule has 0 unspecified atom stereocenters. The van der Waals surface area contributed by atoms with Crippen molar-refractivity contribution in [3.8, 4) is 0 Å². The third-order valence-electron chi connectivity index (χ3n) is 1.17. The molecule has 0 radical (unpaired) electrons. The lowest BCUT2D eigenvalue weighted by atomic mass is 10.1. The predicted octanol–water partition coefficient (Wildman–Crippen LogP) is 2.15. The van der Waals surface area contributed by atoms with Crippen LogP contribution in [-0.4, -0.2) is 10.9 Å². The summed E-state index contributed by atoms with van der Waals surface area (Å²) in [5.74, 6) is -0.112. The van der Waals surface area contributed by atoms with E-state index in [0.29, 0.717) is 5.57 Å². The van der Waals surface area contributed by atoms with Crippen LogP contribution in [0.3, 0.4) is 0 Å². The molecule has 0 amide bonds. The molecule has 2 nitrogen and oxygen atoms in total. The average molecular weight is 152 g/mol. The lowest BCUT2D eigenvalue weighted by Gasteiger charge is -1.96. The first-order chi connectivity index (χ1) is 5.09. The van der Waals surface area contributed by atoms with Crippen LogP contribution in [-0.2, 0) is 4.79 Å². The quantitative estimate of drug-likeness (QED) is 0.382. The van der Waals surface area contributed by atoms with Crippen molar-refractivity contribution >= 4 is 5.78 Å². The fourth-order valence-corrected chi connectivity index (χ4v) is 0.657. The maximum Gasteiger partial charge on any atom is 0.163 e. The number of hydrogen-bond acceptors (Lipinski definition) is 2. The molecule has 0 rings (SSSR count). The molecule has 0 aliphatic carbocycles. The Hall–Kier alpha value is -1.31. The number of ketones is 1. The molecule has 2 heteroatoms. The number of rotatable bonds is 3. The zero-order valence-electron chi connectivity index (χ0n) is 6.79. The minimum Gasteiger partial charge on any atom is -0.512 e. The minimum atomic E-state index is -0.150. The van der Waals surface area contributed by atoms with Gasteiger partial charge in [0.1, 0.15) is 0 Å². The van der Waals surface area contributed by atoms with E-state index in [1.807, 2.05) is 0 Å².